The molecule has 0 aliphatic heterocycles. The number of nitrogens with one attached hydrogen (secondary N) is 3. The highest BCUT2D eigenvalue weighted by Crippen LogP contribution is 2.38. The normalized spacial score (nSPS) is 14.3. The summed E-state index contributed by atoms with van der Waals surface area (Å²) in [6.45, 7) is 1.72. The van der Waals surface area contributed by atoms with Crippen LogP contribution in [0.5, 0.6) is 0 Å². The zero-order valence-corrected chi connectivity index (χ0v) is 19.3. The summed E-state index contributed by atoms with van der Waals surface area (Å²) in [4.78, 5) is 17.3. The molecule has 1 aliphatic carbocycles. The predicted octanol–water partition coefficient (Wildman–Crippen LogP) is 3.74. The number of amides is 1. The van der Waals surface area contributed by atoms with E-state index in [0.29, 0.717) is 47.0 Å². The van der Waals surface area contributed by atoms with Crippen LogP contribution in [0.4, 0.5) is 24.0 Å². The Labute approximate surface area is 201 Å². The average molecular weight is 503 g/mol. The second kappa shape index (κ2) is 9.06. The number of alkyl halides is 3. The molecular formula is C22H21F3N8OS. The van der Waals surface area contributed by atoms with Crippen molar-refractivity contribution in [2.24, 2.45) is 5.73 Å². The lowest BCUT2D eigenvalue weighted by Crippen LogP contribution is -2.25. The Kier molecular flexibility index (Phi) is 6.28. The first-order valence-corrected chi connectivity index (χ1v) is 11.4. The van der Waals surface area contributed by atoms with E-state index in [1.165, 1.54) is 12.1 Å². The highest BCUT2D eigenvalue weighted by Gasteiger charge is 2.36. The maximum absolute atomic E-state index is 13.4. The third kappa shape index (κ3) is 4.46. The fourth-order valence-corrected chi connectivity index (χ4v) is 4.76. The van der Waals surface area contributed by atoms with Crippen molar-refractivity contribution in [2.45, 2.75) is 38.8 Å². The smallest absolute Gasteiger partial charge is 0.398 e. The second-order valence-corrected chi connectivity index (χ2v) is 9.15. The van der Waals surface area contributed by atoms with Gasteiger partial charge < -0.3 is 16.9 Å². The molecule has 7 N–H and O–H groups in total. The first-order chi connectivity index (χ1) is 16.5. The number of allylic oxidation sites excluding steroid dienone is 2. The van der Waals surface area contributed by atoms with Crippen molar-refractivity contribution in [1.82, 2.24) is 15.2 Å². The van der Waals surface area contributed by atoms with Crippen molar-refractivity contribution >= 4 is 56.5 Å². The zero-order chi connectivity index (χ0) is 25.5. The predicted molar refractivity (Wildman–Crippen MR) is 129 cm³/mol. The summed E-state index contributed by atoms with van der Waals surface area (Å²) in [5.74, 6) is -0.754. The number of rotatable bonds is 5. The number of carbonyl (C=O) groups is 1. The molecule has 0 spiro atoms. The highest BCUT2D eigenvalue weighted by molar-refractivity contribution is 7.15. The van der Waals surface area contributed by atoms with Crippen LogP contribution < -0.4 is 16.8 Å². The largest absolute Gasteiger partial charge is 0.431 e. The van der Waals surface area contributed by atoms with Gasteiger partial charge in [0.1, 0.15) is 16.4 Å². The lowest BCUT2D eigenvalue weighted by atomic mass is 9.83. The quantitative estimate of drug-likeness (QED) is 0.263. The number of fused-ring (bicyclic) bond motifs is 3. The Hall–Kier alpha value is -3.87. The Morgan fingerprint density at radius 2 is 1.89 bits per heavy atom. The number of aryl methyl sites for hydroxylation is 2. The third-order valence-electron chi connectivity index (χ3n) is 5.72. The van der Waals surface area contributed by atoms with Gasteiger partial charge in [-0.25, -0.2) is 4.98 Å². The Morgan fingerprint density at radius 1 is 1.20 bits per heavy atom. The molecule has 4 rings (SSSR count). The lowest BCUT2D eigenvalue weighted by molar-refractivity contribution is -0.110. The SMILES string of the molecule is Cc1nnc(NC(=O)C(=N)c2c(N)ccc3nc(C(C=N)=C(N)C(F)(F)F)c4c(c23)CCCC4)s1. The van der Waals surface area contributed by atoms with E-state index in [1.807, 2.05) is 0 Å². The van der Waals surface area contributed by atoms with Gasteiger partial charge in [-0.15, -0.1) is 10.2 Å². The number of nitrogens with two attached hydrogens (primary N) is 2. The van der Waals surface area contributed by atoms with Gasteiger partial charge in [0.15, 0.2) is 0 Å². The summed E-state index contributed by atoms with van der Waals surface area (Å²) in [5, 5.41) is 27.7. The highest BCUT2D eigenvalue weighted by atomic mass is 32.1. The van der Waals surface area contributed by atoms with Crippen LogP contribution >= 0.6 is 11.3 Å². The molecule has 0 atom stereocenters. The summed E-state index contributed by atoms with van der Waals surface area (Å²) in [6.07, 6.45) is -1.92. The maximum atomic E-state index is 13.4. The zero-order valence-electron chi connectivity index (χ0n) is 18.5. The summed E-state index contributed by atoms with van der Waals surface area (Å²) < 4.78 is 40.2. The number of aromatic nitrogens is 3. The van der Waals surface area contributed by atoms with Crippen LogP contribution in [0.3, 0.4) is 0 Å². The summed E-state index contributed by atoms with van der Waals surface area (Å²) in [7, 11) is 0. The van der Waals surface area contributed by atoms with Gasteiger partial charge in [-0.2, -0.15) is 13.2 Å². The number of hydrogen-bond donors (Lipinski definition) is 5. The maximum Gasteiger partial charge on any atom is 0.431 e. The van der Waals surface area contributed by atoms with Gasteiger partial charge in [0.25, 0.3) is 5.91 Å². The minimum atomic E-state index is -4.83. The summed E-state index contributed by atoms with van der Waals surface area (Å²) in [5.41, 5.74) is 10.9. The molecule has 35 heavy (non-hydrogen) atoms. The molecule has 0 saturated carbocycles. The van der Waals surface area contributed by atoms with Gasteiger partial charge in [0.05, 0.1) is 11.2 Å². The molecule has 2 aromatic heterocycles. The number of nitrogens with zero attached hydrogens (tertiary/aromatic N) is 3. The van der Waals surface area contributed by atoms with Crippen LogP contribution in [0.2, 0.25) is 0 Å². The molecule has 3 aromatic rings. The monoisotopic (exact) mass is 502 g/mol. The van der Waals surface area contributed by atoms with Gasteiger partial charge in [-0.05, 0) is 55.9 Å². The molecule has 0 radical (unpaired) electrons. The number of carbonyl (C=O) groups excluding carboxylic acids is 1. The fourth-order valence-electron chi connectivity index (χ4n) is 4.18. The molecular weight excluding hydrogens is 481 g/mol. The number of anilines is 2. The van der Waals surface area contributed by atoms with E-state index in [2.05, 4.69) is 20.5 Å². The first-order valence-electron chi connectivity index (χ1n) is 10.5. The Bertz CT molecular complexity index is 1410. The van der Waals surface area contributed by atoms with E-state index in [9.17, 15) is 18.0 Å². The van der Waals surface area contributed by atoms with Gasteiger partial charge in [0, 0.05) is 28.4 Å². The van der Waals surface area contributed by atoms with Gasteiger partial charge in [-0.1, -0.05) is 11.3 Å². The van der Waals surface area contributed by atoms with Crippen LogP contribution in [0.25, 0.3) is 16.5 Å². The van der Waals surface area contributed by atoms with Crippen LogP contribution in [0, 0.1) is 17.7 Å². The molecule has 1 aliphatic rings. The molecule has 0 unspecified atom stereocenters. The molecule has 9 nitrogen and oxygen atoms in total. The Morgan fingerprint density at radius 3 is 2.49 bits per heavy atom. The Balaban J connectivity index is 1.93. The number of nitrogen functional groups attached to an aromatic ring is 1. The molecule has 0 saturated heterocycles. The average Bonchev–Trinajstić information content (AvgIpc) is 3.22. The van der Waals surface area contributed by atoms with Crippen molar-refractivity contribution in [3.63, 3.8) is 0 Å². The molecule has 1 aromatic carbocycles. The van der Waals surface area contributed by atoms with Crippen molar-refractivity contribution in [3.05, 3.63) is 45.2 Å². The van der Waals surface area contributed by atoms with Gasteiger partial charge in [-0.3, -0.25) is 15.5 Å². The molecule has 0 fully saturated rings. The van der Waals surface area contributed by atoms with Crippen molar-refractivity contribution in [3.8, 4) is 0 Å². The van der Waals surface area contributed by atoms with Gasteiger partial charge in [0.2, 0.25) is 5.13 Å². The minimum absolute atomic E-state index is 0.0203. The molecule has 13 heteroatoms. The van der Waals surface area contributed by atoms with Crippen LogP contribution in [0.1, 0.15) is 40.2 Å². The standard InChI is InChI=1S/C22H21F3N8OS/c1-9-32-33-21(35-9)31-20(34)17(28)16-13(27)6-7-14-15(16)10-4-2-3-5-11(10)18(30-14)12(8-26)19(29)22(23,24)25/h6-8,26,28H,2-5,27,29H2,1H3,(H,31,33,34). The number of pyridine rings is 1. The topological polar surface area (TPSA) is 168 Å². The van der Waals surface area contributed by atoms with Crippen LogP contribution in [-0.4, -0.2) is 39.2 Å². The number of hydrogen-bond acceptors (Lipinski definition) is 9. The summed E-state index contributed by atoms with van der Waals surface area (Å²) in [6, 6.07) is 2.97. The van der Waals surface area contributed by atoms with E-state index in [1.54, 1.807) is 6.92 Å². The van der Waals surface area contributed by atoms with Gasteiger partial charge >= 0.3 is 6.18 Å². The lowest BCUT2D eigenvalue weighted by Gasteiger charge is -2.24. The van der Waals surface area contributed by atoms with Crippen molar-refractivity contribution < 1.29 is 18.0 Å². The van der Waals surface area contributed by atoms with E-state index >= 15 is 0 Å². The summed E-state index contributed by atoms with van der Waals surface area (Å²) >= 11 is 1.15. The molecule has 2 heterocycles. The van der Waals surface area contributed by atoms with Crippen molar-refractivity contribution in [2.75, 3.05) is 11.1 Å². The molecule has 182 valence electrons. The molecule has 1 amide bonds. The molecule has 0 bridgehead atoms. The number of halogens is 3. The van der Waals surface area contributed by atoms with E-state index in [0.717, 1.165) is 17.8 Å². The first kappa shape index (κ1) is 24.3. The van der Waals surface area contributed by atoms with E-state index < -0.39 is 29.1 Å². The minimum Gasteiger partial charge on any atom is -0.398 e. The third-order valence-corrected chi connectivity index (χ3v) is 6.48. The fraction of sp³-hybridized carbons (Fsp3) is 0.273. The second-order valence-electron chi connectivity index (χ2n) is 7.97. The van der Waals surface area contributed by atoms with E-state index in [-0.39, 0.29) is 27.6 Å². The number of benzene rings is 1. The van der Waals surface area contributed by atoms with Crippen LogP contribution in [0.15, 0.2) is 17.8 Å². The van der Waals surface area contributed by atoms with Crippen LogP contribution in [-0.2, 0) is 17.6 Å². The van der Waals surface area contributed by atoms with Crippen molar-refractivity contribution in [1.29, 1.82) is 10.8 Å². The van der Waals surface area contributed by atoms with E-state index in [4.69, 9.17) is 22.3 Å².